The van der Waals surface area contributed by atoms with Crippen molar-refractivity contribution in [3.05, 3.63) is 23.2 Å². The van der Waals surface area contributed by atoms with Crippen LogP contribution in [0.5, 0.6) is 0 Å². The lowest BCUT2D eigenvalue weighted by Gasteiger charge is -2.13. The smallest absolute Gasteiger partial charge is 0.148 e. The SMILES string of the molecule is Cc1cn(C2CCC(C=O)O2)c2ncnc(Cl)c12. The van der Waals surface area contributed by atoms with E-state index >= 15 is 0 Å². The Labute approximate surface area is 109 Å². The van der Waals surface area contributed by atoms with Crippen LogP contribution in [0, 0.1) is 6.92 Å². The Morgan fingerprint density at radius 3 is 3.06 bits per heavy atom. The van der Waals surface area contributed by atoms with Crippen LogP contribution in [0.15, 0.2) is 12.5 Å². The molecule has 2 aromatic rings. The number of nitrogens with zero attached hydrogens (tertiary/aromatic N) is 3. The van der Waals surface area contributed by atoms with Crippen molar-refractivity contribution < 1.29 is 9.53 Å². The topological polar surface area (TPSA) is 57.0 Å². The summed E-state index contributed by atoms with van der Waals surface area (Å²) < 4.78 is 7.58. The minimum atomic E-state index is -0.315. The third-order valence-electron chi connectivity index (χ3n) is 3.24. The number of aldehydes is 1. The third-order valence-corrected chi connectivity index (χ3v) is 3.53. The first-order valence-corrected chi connectivity index (χ1v) is 6.17. The number of halogens is 1. The number of carbonyl (C=O) groups is 1. The van der Waals surface area contributed by atoms with Crippen molar-refractivity contribution in [1.82, 2.24) is 14.5 Å². The molecule has 0 amide bonds. The zero-order chi connectivity index (χ0) is 12.7. The average molecular weight is 266 g/mol. The predicted molar refractivity (Wildman–Crippen MR) is 66.5 cm³/mol. The van der Waals surface area contributed by atoms with Gasteiger partial charge in [-0.05, 0) is 25.3 Å². The van der Waals surface area contributed by atoms with Crippen molar-refractivity contribution in [3.63, 3.8) is 0 Å². The number of hydrogen-bond donors (Lipinski definition) is 0. The number of carbonyl (C=O) groups excluding carboxylic acids is 1. The lowest BCUT2D eigenvalue weighted by Crippen LogP contribution is -2.11. The van der Waals surface area contributed by atoms with Gasteiger partial charge in [-0.2, -0.15) is 0 Å². The van der Waals surface area contributed by atoms with Crippen LogP contribution in [-0.4, -0.2) is 26.9 Å². The van der Waals surface area contributed by atoms with Crippen LogP contribution in [0.1, 0.15) is 24.6 Å². The molecule has 0 bridgehead atoms. The van der Waals surface area contributed by atoms with E-state index < -0.39 is 0 Å². The van der Waals surface area contributed by atoms with Crippen molar-refractivity contribution in [2.45, 2.75) is 32.1 Å². The van der Waals surface area contributed by atoms with E-state index in [0.717, 1.165) is 35.7 Å². The summed E-state index contributed by atoms with van der Waals surface area (Å²) in [6.07, 6.45) is 5.31. The summed E-state index contributed by atoms with van der Waals surface area (Å²) in [7, 11) is 0. The van der Waals surface area contributed by atoms with Crippen molar-refractivity contribution in [2.75, 3.05) is 0 Å². The molecule has 0 spiro atoms. The lowest BCUT2D eigenvalue weighted by molar-refractivity contribution is -0.119. The minimum absolute atomic E-state index is 0.151. The quantitative estimate of drug-likeness (QED) is 0.617. The molecule has 0 radical (unpaired) electrons. The van der Waals surface area contributed by atoms with Gasteiger partial charge in [0.25, 0.3) is 0 Å². The van der Waals surface area contributed by atoms with Gasteiger partial charge in [0.2, 0.25) is 0 Å². The average Bonchev–Trinajstić information content (AvgIpc) is 2.94. The molecule has 0 aromatic carbocycles. The van der Waals surface area contributed by atoms with E-state index in [1.165, 1.54) is 6.33 Å². The van der Waals surface area contributed by atoms with Gasteiger partial charge in [-0.1, -0.05) is 11.6 Å². The van der Waals surface area contributed by atoms with Crippen molar-refractivity contribution in [2.24, 2.45) is 0 Å². The van der Waals surface area contributed by atoms with Crippen LogP contribution >= 0.6 is 11.6 Å². The van der Waals surface area contributed by atoms with E-state index in [-0.39, 0.29) is 12.3 Å². The molecule has 0 saturated carbocycles. The predicted octanol–water partition coefficient (Wildman–Crippen LogP) is 2.27. The Balaban J connectivity index is 2.08. The van der Waals surface area contributed by atoms with Crippen LogP contribution in [0.3, 0.4) is 0 Å². The van der Waals surface area contributed by atoms with Gasteiger partial charge in [0, 0.05) is 6.20 Å². The van der Waals surface area contributed by atoms with E-state index in [1.807, 2.05) is 17.7 Å². The molecule has 3 heterocycles. The van der Waals surface area contributed by atoms with Crippen LogP contribution in [0.2, 0.25) is 5.15 Å². The highest BCUT2D eigenvalue weighted by molar-refractivity contribution is 6.34. The number of aryl methyl sites for hydroxylation is 1. The lowest BCUT2D eigenvalue weighted by atomic mass is 10.2. The first-order valence-electron chi connectivity index (χ1n) is 5.79. The second kappa shape index (κ2) is 4.33. The number of aromatic nitrogens is 3. The number of hydrogen-bond acceptors (Lipinski definition) is 4. The summed E-state index contributed by atoms with van der Waals surface area (Å²) in [6.45, 7) is 1.96. The van der Waals surface area contributed by atoms with Crippen LogP contribution in [-0.2, 0) is 9.53 Å². The summed E-state index contributed by atoms with van der Waals surface area (Å²) in [5.41, 5.74) is 1.76. The highest BCUT2D eigenvalue weighted by atomic mass is 35.5. The maximum absolute atomic E-state index is 10.7. The molecule has 1 fully saturated rings. The van der Waals surface area contributed by atoms with E-state index in [1.54, 1.807) is 0 Å². The van der Waals surface area contributed by atoms with Crippen molar-refractivity contribution >= 4 is 28.9 Å². The molecule has 1 aliphatic heterocycles. The molecule has 6 heteroatoms. The monoisotopic (exact) mass is 265 g/mol. The molecular weight excluding hydrogens is 254 g/mol. The van der Waals surface area contributed by atoms with Crippen LogP contribution in [0.4, 0.5) is 0 Å². The van der Waals surface area contributed by atoms with Gasteiger partial charge in [-0.15, -0.1) is 0 Å². The molecule has 0 N–H and O–H groups in total. The number of ether oxygens (including phenoxy) is 1. The number of fused-ring (bicyclic) bond motifs is 1. The Morgan fingerprint density at radius 2 is 2.33 bits per heavy atom. The zero-order valence-corrected chi connectivity index (χ0v) is 10.6. The molecule has 3 rings (SSSR count). The largest absolute Gasteiger partial charge is 0.347 e. The Kier molecular flexibility index (Phi) is 2.80. The molecule has 2 unspecified atom stereocenters. The Hall–Kier alpha value is -1.46. The standard InChI is InChI=1S/C12H12ClN3O2/c1-7-4-16(9-3-2-8(5-17)18-9)12-10(7)11(13)14-6-15-12/h4-6,8-9H,2-3H2,1H3. The van der Waals surface area contributed by atoms with Gasteiger partial charge in [0.1, 0.15) is 35.7 Å². The van der Waals surface area contributed by atoms with E-state index in [0.29, 0.717) is 5.15 Å². The first-order chi connectivity index (χ1) is 8.70. The van der Waals surface area contributed by atoms with Crippen molar-refractivity contribution in [3.8, 4) is 0 Å². The van der Waals surface area contributed by atoms with E-state index in [4.69, 9.17) is 16.3 Å². The molecule has 5 nitrogen and oxygen atoms in total. The van der Waals surface area contributed by atoms with Gasteiger partial charge in [0.15, 0.2) is 0 Å². The van der Waals surface area contributed by atoms with E-state index in [9.17, 15) is 4.79 Å². The molecule has 94 valence electrons. The second-order valence-corrected chi connectivity index (χ2v) is 4.78. The summed E-state index contributed by atoms with van der Waals surface area (Å²) in [6, 6.07) is 0. The molecule has 2 atom stereocenters. The number of rotatable bonds is 2. The van der Waals surface area contributed by atoms with Crippen LogP contribution < -0.4 is 0 Å². The maximum Gasteiger partial charge on any atom is 0.148 e. The zero-order valence-electron chi connectivity index (χ0n) is 9.84. The van der Waals surface area contributed by atoms with Crippen molar-refractivity contribution in [1.29, 1.82) is 0 Å². The normalized spacial score (nSPS) is 23.7. The minimum Gasteiger partial charge on any atom is -0.347 e. The molecular formula is C12H12ClN3O2. The molecule has 1 aliphatic rings. The Bertz CT molecular complexity index is 611. The molecule has 18 heavy (non-hydrogen) atoms. The highest BCUT2D eigenvalue weighted by Crippen LogP contribution is 2.33. The third kappa shape index (κ3) is 1.71. The summed E-state index contributed by atoms with van der Waals surface area (Å²) in [4.78, 5) is 19.0. The summed E-state index contributed by atoms with van der Waals surface area (Å²) >= 11 is 6.08. The van der Waals surface area contributed by atoms with E-state index in [2.05, 4.69) is 9.97 Å². The summed E-state index contributed by atoms with van der Waals surface area (Å²) in [5, 5.41) is 1.29. The fourth-order valence-corrected chi connectivity index (χ4v) is 2.67. The maximum atomic E-state index is 10.7. The summed E-state index contributed by atoms with van der Waals surface area (Å²) in [5.74, 6) is 0. The van der Waals surface area contributed by atoms with Gasteiger partial charge in [0.05, 0.1) is 5.39 Å². The molecule has 1 saturated heterocycles. The molecule has 0 aliphatic carbocycles. The highest BCUT2D eigenvalue weighted by Gasteiger charge is 2.28. The molecule has 2 aromatic heterocycles. The van der Waals surface area contributed by atoms with Gasteiger partial charge < -0.3 is 14.1 Å². The first kappa shape index (κ1) is 11.6. The van der Waals surface area contributed by atoms with Crippen LogP contribution in [0.25, 0.3) is 11.0 Å². The van der Waals surface area contributed by atoms with Gasteiger partial charge in [-0.3, -0.25) is 0 Å². The fourth-order valence-electron chi connectivity index (χ4n) is 2.39. The second-order valence-electron chi connectivity index (χ2n) is 4.43. The van der Waals surface area contributed by atoms with Gasteiger partial charge in [-0.25, -0.2) is 9.97 Å². The van der Waals surface area contributed by atoms with Gasteiger partial charge >= 0.3 is 0 Å². The Morgan fingerprint density at radius 1 is 1.50 bits per heavy atom. The fraction of sp³-hybridized carbons (Fsp3) is 0.417.